The fraction of sp³-hybridized carbons (Fsp3) is 0.812. The number of ether oxygens (including phenoxy) is 1. The van der Waals surface area contributed by atoms with Gasteiger partial charge in [0.15, 0.2) is 0 Å². The van der Waals surface area contributed by atoms with Crippen LogP contribution >= 0.6 is 0 Å². The van der Waals surface area contributed by atoms with E-state index in [0.29, 0.717) is 12.8 Å². The van der Waals surface area contributed by atoms with Crippen molar-refractivity contribution < 1.29 is 39.5 Å². The van der Waals surface area contributed by atoms with Gasteiger partial charge in [-0.05, 0) is 25.7 Å². The van der Waals surface area contributed by atoms with E-state index in [4.69, 9.17) is 15.6 Å². The van der Waals surface area contributed by atoms with Gasteiger partial charge in [0.05, 0.1) is 36.4 Å². The molecule has 1 fully saturated rings. The molecule has 6 atom stereocenters. The molecule has 1 aliphatic carbocycles. The number of hydrogen-bond donors (Lipinski definition) is 6. The molecule has 6 unspecified atom stereocenters. The second-order valence-electron chi connectivity index (χ2n) is 6.55. The monoisotopic (exact) mass is 376 g/mol. The smallest absolute Gasteiger partial charge is 0.303 e. The Morgan fingerprint density at radius 1 is 1.15 bits per heavy atom. The van der Waals surface area contributed by atoms with Crippen LogP contribution in [-0.4, -0.2) is 75.8 Å². The van der Waals surface area contributed by atoms with Gasteiger partial charge in [-0.1, -0.05) is 0 Å². The molecule has 0 bridgehead atoms. The summed E-state index contributed by atoms with van der Waals surface area (Å²) in [4.78, 5) is 34.0. The third-order valence-corrected chi connectivity index (χ3v) is 4.69. The zero-order chi connectivity index (χ0) is 19.9. The summed E-state index contributed by atoms with van der Waals surface area (Å²) in [5.74, 6) is -3.18. The lowest BCUT2D eigenvalue weighted by Crippen LogP contribution is -2.57. The average Bonchev–Trinajstić information content (AvgIpc) is 2.58. The third-order valence-electron chi connectivity index (χ3n) is 4.69. The molecule has 7 N–H and O–H groups in total. The molecule has 1 rings (SSSR count). The van der Waals surface area contributed by atoms with E-state index in [0.717, 1.165) is 0 Å². The third kappa shape index (κ3) is 6.52. The van der Waals surface area contributed by atoms with E-state index in [1.165, 1.54) is 7.11 Å². The number of aliphatic hydroxyl groups excluding tert-OH is 3. The molecule has 10 heteroatoms. The first-order valence-corrected chi connectivity index (χ1v) is 8.54. The quantitative estimate of drug-likeness (QED) is 0.256. The highest BCUT2D eigenvalue weighted by Gasteiger charge is 2.42. The summed E-state index contributed by atoms with van der Waals surface area (Å²) < 4.78 is 5.16. The minimum atomic E-state index is -1.24. The lowest BCUT2D eigenvalue weighted by Gasteiger charge is -2.38. The van der Waals surface area contributed by atoms with E-state index >= 15 is 0 Å². The minimum absolute atomic E-state index is 0.0601. The minimum Gasteiger partial charge on any atom is -0.481 e. The topological polar surface area (TPSA) is 179 Å². The first-order chi connectivity index (χ1) is 12.2. The van der Waals surface area contributed by atoms with Crippen LogP contribution in [0.4, 0.5) is 0 Å². The zero-order valence-electron chi connectivity index (χ0n) is 14.7. The number of carboxylic acid groups (broad SMARTS) is 1. The Labute approximate surface area is 151 Å². The van der Waals surface area contributed by atoms with E-state index in [-0.39, 0.29) is 25.7 Å². The number of aliphatic carboxylic acids is 1. The van der Waals surface area contributed by atoms with E-state index < -0.39 is 54.2 Å². The molecule has 0 heterocycles. The molecule has 1 saturated carbocycles. The molecule has 26 heavy (non-hydrogen) atoms. The highest BCUT2D eigenvalue weighted by Crippen LogP contribution is 2.27. The number of nitrogens with two attached hydrogens (primary N) is 1. The van der Waals surface area contributed by atoms with E-state index in [9.17, 15) is 29.7 Å². The normalized spacial score (nSPS) is 28.2. The van der Waals surface area contributed by atoms with Crippen molar-refractivity contribution in [2.75, 3.05) is 7.11 Å². The second kappa shape index (κ2) is 10.4. The number of hydrogen-bond acceptors (Lipinski definition) is 7. The fourth-order valence-electron chi connectivity index (χ4n) is 3.15. The van der Waals surface area contributed by atoms with Gasteiger partial charge in [-0.15, -0.1) is 0 Å². The average molecular weight is 376 g/mol. The van der Waals surface area contributed by atoms with Gasteiger partial charge in [-0.25, -0.2) is 0 Å². The SMILES string of the molecule is COC1CCC(NC(=O)CCC(O)C(O)CCC(=O)O)C(O)C1C(N)=O. The van der Waals surface area contributed by atoms with Gasteiger partial charge in [0.2, 0.25) is 11.8 Å². The summed E-state index contributed by atoms with van der Waals surface area (Å²) in [5, 5.41) is 40.9. The van der Waals surface area contributed by atoms with Crippen molar-refractivity contribution >= 4 is 17.8 Å². The molecular formula is C16H28N2O8. The van der Waals surface area contributed by atoms with Crippen LogP contribution in [0.2, 0.25) is 0 Å². The van der Waals surface area contributed by atoms with Crippen LogP contribution in [0.25, 0.3) is 0 Å². The number of carbonyl (C=O) groups is 3. The Bertz CT molecular complexity index is 501. The fourth-order valence-corrected chi connectivity index (χ4v) is 3.15. The maximum atomic E-state index is 12.0. The van der Waals surface area contributed by atoms with Crippen molar-refractivity contribution in [3.05, 3.63) is 0 Å². The molecule has 10 nitrogen and oxygen atoms in total. The van der Waals surface area contributed by atoms with Crippen molar-refractivity contribution in [3.8, 4) is 0 Å². The van der Waals surface area contributed by atoms with Gasteiger partial charge in [0.1, 0.15) is 0 Å². The van der Waals surface area contributed by atoms with Gasteiger partial charge in [-0.2, -0.15) is 0 Å². The van der Waals surface area contributed by atoms with Crippen LogP contribution in [0, 0.1) is 5.92 Å². The zero-order valence-corrected chi connectivity index (χ0v) is 14.7. The number of nitrogens with one attached hydrogen (secondary N) is 1. The molecule has 2 amide bonds. The first-order valence-electron chi connectivity index (χ1n) is 8.54. The molecule has 0 radical (unpaired) electrons. The van der Waals surface area contributed by atoms with Crippen molar-refractivity contribution in [1.82, 2.24) is 5.32 Å². The summed E-state index contributed by atoms with van der Waals surface area (Å²) in [6.45, 7) is 0. The summed E-state index contributed by atoms with van der Waals surface area (Å²) >= 11 is 0. The van der Waals surface area contributed by atoms with Gasteiger partial charge in [0, 0.05) is 20.0 Å². The number of carboxylic acids is 1. The molecule has 0 spiro atoms. The molecular weight excluding hydrogens is 348 g/mol. The maximum absolute atomic E-state index is 12.0. The largest absolute Gasteiger partial charge is 0.481 e. The van der Waals surface area contributed by atoms with Crippen molar-refractivity contribution in [3.63, 3.8) is 0 Å². The summed E-state index contributed by atoms with van der Waals surface area (Å²) in [6, 6.07) is -0.666. The predicted octanol–water partition coefficient (Wildman–Crippen LogP) is -1.89. The first kappa shape index (κ1) is 22.3. The van der Waals surface area contributed by atoms with Gasteiger partial charge >= 0.3 is 5.97 Å². The molecule has 0 aromatic rings. The van der Waals surface area contributed by atoms with Gasteiger partial charge < -0.3 is 36.2 Å². The lowest BCUT2D eigenvalue weighted by molar-refractivity contribution is -0.140. The number of primary amides is 1. The standard InChI is InChI=1S/C16H28N2O8/c1-26-11-5-2-8(15(24)14(11)16(17)25)18-12(21)6-3-9(19)10(20)4-7-13(22)23/h8-11,14-15,19-20,24H,2-7H2,1H3,(H2,17,25)(H,18,21)(H,22,23). The predicted molar refractivity (Wildman–Crippen MR) is 88.8 cm³/mol. The summed E-state index contributed by atoms with van der Waals surface area (Å²) in [6.07, 6.45) is -3.89. The van der Waals surface area contributed by atoms with Crippen LogP contribution in [-0.2, 0) is 19.1 Å². The highest BCUT2D eigenvalue weighted by molar-refractivity contribution is 5.79. The molecule has 0 aliphatic heterocycles. The Morgan fingerprint density at radius 2 is 1.73 bits per heavy atom. The van der Waals surface area contributed by atoms with Crippen LogP contribution in [0.5, 0.6) is 0 Å². The maximum Gasteiger partial charge on any atom is 0.303 e. The summed E-state index contributed by atoms with van der Waals surface area (Å²) in [7, 11) is 1.42. The Kier molecular flexibility index (Phi) is 8.93. The second-order valence-corrected chi connectivity index (χ2v) is 6.55. The molecule has 0 aromatic carbocycles. The number of methoxy groups -OCH3 is 1. The van der Waals surface area contributed by atoms with Crippen LogP contribution in [0.3, 0.4) is 0 Å². The molecule has 0 saturated heterocycles. The Morgan fingerprint density at radius 3 is 2.23 bits per heavy atom. The number of aliphatic hydroxyl groups is 3. The van der Waals surface area contributed by atoms with Crippen molar-refractivity contribution in [2.45, 2.75) is 69.0 Å². The van der Waals surface area contributed by atoms with Crippen LogP contribution in [0.15, 0.2) is 0 Å². The number of rotatable bonds is 10. The molecule has 150 valence electrons. The highest BCUT2D eigenvalue weighted by atomic mass is 16.5. The Hall–Kier alpha value is -1.75. The van der Waals surface area contributed by atoms with Crippen LogP contribution < -0.4 is 11.1 Å². The van der Waals surface area contributed by atoms with Gasteiger partial charge in [-0.3, -0.25) is 14.4 Å². The number of amides is 2. The lowest BCUT2D eigenvalue weighted by atomic mass is 9.80. The molecule has 1 aliphatic rings. The van der Waals surface area contributed by atoms with E-state index in [2.05, 4.69) is 5.32 Å². The van der Waals surface area contributed by atoms with Gasteiger partial charge in [0.25, 0.3) is 0 Å². The van der Waals surface area contributed by atoms with E-state index in [1.54, 1.807) is 0 Å². The Balaban J connectivity index is 2.47. The number of carbonyl (C=O) groups excluding carboxylic acids is 2. The molecule has 0 aromatic heterocycles. The van der Waals surface area contributed by atoms with E-state index in [1.807, 2.05) is 0 Å². The summed E-state index contributed by atoms with van der Waals surface area (Å²) in [5.41, 5.74) is 5.30. The van der Waals surface area contributed by atoms with Crippen molar-refractivity contribution in [1.29, 1.82) is 0 Å². The van der Waals surface area contributed by atoms with Crippen LogP contribution in [0.1, 0.15) is 38.5 Å². The van der Waals surface area contributed by atoms with Crippen molar-refractivity contribution in [2.24, 2.45) is 11.7 Å².